The predicted octanol–water partition coefficient (Wildman–Crippen LogP) is 1.55. The molecule has 20 heavy (non-hydrogen) atoms. The molecule has 2 aromatic rings. The third-order valence-electron chi connectivity index (χ3n) is 3.13. The minimum atomic E-state index is -0.903. The molecule has 0 fully saturated rings. The van der Waals surface area contributed by atoms with E-state index in [-0.39, 0.29) is 0 Å². The zero-order valence-corrected chi connectivity index (χ0v) is 12.6. The van der Waals surface area contributed by atoms with Crippen LogP contribution in [0.2, 0.25) is 0 Å². The van der Waals surface area contributed by atoms with Crippen LogP contribution in [0.25, 0.3) is 0 Å². The number of nitrogens with zero attached hydrogens (tertiary/aromatic N) is 3. The average molecular weight is 292 g/mol. The van der Waals surface area contributed by atoms with E-state index in [1.54, 1.807) is 0 Å². The van der Waals surface area contributed by atoms with Crippen LogP contribution in [-0.4, -0.2) is 32.2 Å². The van der Waals surface area contributed by atoms with Gasteiger partial charge in [0.2, 0.25) is 0 Å². The van der Waals surface area contributed by atoms with Crippen molar-refractivity contribution >= 4 is 11.8 Å². The van der Waals surface area contributed by atoms with Gasteiger partial charge < -0.3 is 15.4 Å². The van der Waals surface area contributed by atoms with E-state index in [9.17, 15) is 5.11 Å². The van der Waals surface area contributed by atoms with E-state index in [4.69, 9.17) is 5.73 Å². The number of rotatable bonds is 6. The van der Waals surface area contributed by atoms with Crippen molar-refractivity contribution < 1.29 is 5.11 Å². The average Bonchev–Trinajstić information content (AvgIpc) is 2.79. The van der Waals surface area contributed by atoms with Gasteiger partial charge in [-0.3, -0.25) is 0 Å². The van der Waals surface area contributed by atoms with Gasteiger partial charge in [-0.25, -0.2) is 0 Å². The largest absolute Gasteiger partial charge is 0.385 e. The summed E-state index contributed by atoms with van der Waals surface area (Å²) in [5, 5.41) is 19.6. The highest BCUT2D eigenvalue weighted by molar-refractivity contribution is 7.99. The maximum absolute atomic E-state index is 10.6. The molecule has 0 bridgehead atoms. The van der Waals surface area contributed by atoms with E-state index < -0.39 is 5.60 Å². The van der Waals surface area contributed by atoms with Gasteiger partial charge in [0.05, 0.1) is 5.60 Å². The molecular formula is C14H20N4OS. The Morgan fingerprint density at radius 1 is 1.30 bits per heavy atom. The number of thioether (sulfide) groups is 1. The SMILES string of the molecule is Cc1nnc(SCC(C)(O)c2ccccc2)n1CCN. The van der Waals surface area contributed by atoms with Crippen LogP contribution in [0.1, 0.15) is 18.3 Å². The predicted molar refractivity (Wildman–Crippen MR) is 80.6 cm³/mol. The summed E-state index contributed by atoms with van der Waals surface area (Å²) < 4.78 is 1.98. The summed E-state index contributed by atoms with van der Waals surface area (Å²) in [5.74, 6) is 1.36. The van der Waals surface area contributed by atoms with E-state index in [2.05, 4.69) is 10.2 Å². The van der Waals surface area contributed by atoms with E-state index >= 15 is 0 Å². The van der Waals surface area contributed by atoms with Crippen molar-refractivity contribution in [3.63, 3.8) is 0 Å². The van der Waals surface area contributed by atoms with Crippen LogP contribution < -0.4 is 5.73 Å². The number of aromatic nitrogens is 3. The molecule has 0 saturated carbocycles. The fourth-order valence-electron chi connectivity index (χ4n) is 1.94. The lowest BCUT2D eigenvalue weighted by atomic mass is 9.99. The van der Waals surface area contributed by atoms with Crippen molar-refractivity contribution in [1.29, 1.82) is 0 Å². The molecule has 1 unspecified atom stereocenters. The molecule has 0 aliphatic rings. The van der Waals surface area contributed by atoms with Gasteiger partial charge >= 0.3 is 0 Å². The first-order chi connectivity index (χ1) is 9.54. The first kappa shape index (κ1) is 15.0. The monoisotopic (exact) mass is 292 g/mol. The Balaban J connectivity index is 2.08. The maximum atomic E-state index is 10.6. The molecule has 0 aliphatic heterocycles. The van der Waals surface area contributed by atoms with Crippen molar-refractivity contribution in [3.8, 4) is 0 Å². The molecule has 1 aromatic carbocycles. The quantitative estimate of drug-likeness (QED) is 0.790. The number of hydrogen-bond donors (Lipinski definition) is 2. The Morgan fingerprint density at radius 2 is 2.00 bits per heavy atom. The van der Waals surface area contributed by atoms with Crippen molar-refractivity contribution in [2.45, 2.75) is 31.1 Å². The van der Waals surface area contributed by atoms with Crippen LogP contribution in [0.15, 0.2) is 35.5 Å². The van der Waals surface area contributed by atoms with Gasteiger partial charge in [0.15, 0.2) is 5.16 Å². The Hall–Kier alpha value is -1.37. The minimum absolute atomic E-state index is 0.514. The van der Waals surface area contributed by atoms with E-state index in [1.165, 1.54) is 11.8 Å². The summed E-state index contributed by atoms with van der Waals surface area (Å²) in [5.41, 5.74) is 5.59. The smallest absolute Gasteiger partial charge is 0.191 e. The molecule has 108 valence electrons. The summed E-state index contributed by atoms with van der Waals surface area (Å²) in [7, 11) is 0. The summed E-state index contributed by atoms with van der Waals surface area (Å²) in [6, 6.07) is 9.64. The lowest BCUT2D eigenvalue weighted by Gasteiger charge is -2.23. The molecular weight excluding hydrogens is 272 g/mol. The van der Waals surface area contributed by atoms with Crippen molar-refractivity contribution in [1.82, 2.24) is 14.8 Å². The Morgan fingerprint density at radius 3 is 2.65 bits per heavy atom. The summed E-state index contributed by atoms with van der Waals surface area (Å²) in [6.45, 7) is 4.95. The maximum Gasteiger partial charge on any atom is 0.191 e. The third kappa shape index (κ3) is 3.39. The van der Waals surface area contributed by atoms with Gasteiger partial charge in [0.25, 0.3) is 0 Å². The highest BCUT2D eigenvalue weighted by Gasteiger charge is 2.24. The Kier molecular flexibility index (Phi) is 4.80. The first-order valence-corrected chi connectivity index (χ1v) is 7.54. The second-order valence-corrected chi connectivity index (χ2v) is 5.84. The standard InChI is InChI=1S/C14H20N4OS/c1-11-16-17-13(18(11)9-8-15)20-10-14(2,19)12-6-4-3-5-7-12/h3-7,19H,8-10,15H2,1-2H3. The lowest BCUT2D eigenvalue weighted by Crippen LogP contribution is -2.24. The molecule has 6 heteroatoms. The van der Waals surface area contributed by atoms with E-state index in [1.807, 2.05) is 48.7 Å². The molecule has 0 spiro atoms. The highest BCUT2D eigenvalue weighted by atomic mass is 32.2. The van der Waals surface area contributed by atoms with Crippen molar-refractivity contribution in [3.05, 3.63) is 41.7 Å². The number of benzene rings is 1. The normalized spacial score (nSPS) is 14.2. The zero-order chi connectivity index (χ0) is 14.6. The van der Waals surface area contributed by atoms with Gasteiger partial charge in [-0.2, -0.15) is 0 Å². The van der Waals surface area contributed by atoms with Crippen LogP contribution in [-0.2, 0) is 12.1 Å². The number of nitrogens with two attached hydrogens (primary N) is 1. The summed E-state index contributed by atoms with van der Waals surface area (Å²) >= 11 is 1.49. The molecule has 0 amide bonds. The number of hydrogen-bond acceptors (Lipinski definition) is 5. The topological polar surface area (TPSA) is 77.0 Å². The Bertz CT molecular complexity index is 554. The molecule has 3 N–H and O–H groups in total. The van der Waals surface area contributed by atoms with E-state index in [0.717, 1.165) is 16.5 Å². The van der Waals surface area contributed by atoms with Gasteiger partial charge in [0.1, 0.15) is 5.82 Å². The minimum Gasteiger partial charge on any atom is -0.385 e. The van der Waals surface area contributed by atoms with Crippen LogP contribution in [0.3, 0.4) is 0 Å². The van der Waals surface area contributed by atoms with Gasteiger partial charge in [0, 0.05) is 18.8 Å². The molecule has 1 atom stereocenters. The van der Waals surface area contributed by atoms with Crippen LogP contribution >= 0.6 is 11.8 Å². The molecule has 2 rings (SSSR count). The van der Waals surface area contributed by atoms with Crippen LogP contribution in [0.5, 0.6) is 0 Å². The highest BCUT2D eigenvalue weighted by Crippen LogP contribution is 2.28. The molecule has 0 saturated heterocycles. The number of aliphatic hydroxyl groups is 1. The van der Waals surface area contributed by atoms with Gasteiger partial charge in [-0.15, -0.1) is 10.2 Å². The molecule has 5 nitrogen and oxygen atoms in total. The zero-order valence-electron chi connectivity index (χ0n) is 11.8. The summed E-state index contributed by atoms with van der Waals surface area (Å²) in [4.78, 5) is 0. The fraction of sp³-hybridized carbons (Fsp3) is 0.429. The first-order valence-electron chi connectivity index (χ1n) is 6.55. The fourth-order valence-corrected chi connectivity index (χ4v) is 3.00. The van der Waals surface area contributed by atoms with E-state index in [0.29, 0.717) is 18.8 Å². The summed E-state index contributed by atoms with van der Waals surface area (Å²) in [6.07, 6.45) is 0. The molecule has 1 aromatic heterocycles. The van der Waals surface area contributed by atoms with Gasteiger partial charge in [-0.1, -0.05) is 42.1 Å². The molecule has 0 radical (unpaired) electrons. The van der Waals surface area contributed by atoms with Gasteiger partial charge in [-0.05, 0) is 19.4 Å². The Labute approximate surface area is 123 Å². The number of aryl methyl sites for hydroxylation is 1. The third-order valence-corrected chi connectivity index (χ3v) is 4.40. The van der Waals surface area contributed by atoms with Crippen LogP contribution in [0.4, 0.5) is 0 Å². The second-order valence-electron chi connectivity index (χ2n) is 4.90. The van der Waals surface area contributed by atoms with Crippen LogP contribution in [0, 0.1) is 6.92 Å². The molecule has 1 heterocycles. The second kappa shape index (κ2) is 6.39. The van der Waals surface area contributed by atoms with Crippen molar-refractivity contribution in [2.75, 3.05) is 12.3 Å². The molecule has 0 aliphatic carbocycles. The lowest BCUT2D eigenvalue weighted by molar-refractivity contribution is 0.0838. The van der Waals surface area contributed by atoms with Crippen molar-refractivity contribution in [2.24, 2.45) is 5.73 Å².